The predicted octanol–water partition coefficient (Wildman–Crippen LogP) is 3.72. The van der Waals surface area contributed by atoms with E-state index in [-0.39, 0.29) is 6.10 Å². The molecule has 1 N–H and O–H groups in total. The SMILES string of the molecule is Cc1ccccc1CN(C[C@H](O)COc1ccccc1C)C[C@@H]1CCCO1. The van der Waals surface area contributed by atoms with Gasteiger partial charge in [-0.1, -0.05) is 42.5 Å². The van der Waals surface area contributed by atoms with Gasteiger partial charge in [0.15, 0.2) is 0 Å². The van der Waals surface area contributed by atoms with Gasteiger partial charge in [0, 0.05) is 26.2 Å². The average Bonchev–Trinajstić information content (AvgIpc) is 3.16. The quantitative estimate of drug-likeness (QED) is 0.731. The standard InChI is InChI=1S/C23H31NO3/c1-18-8-3-5-10-20(18)14-24(16-22-11-7-13-26-22)15-21(25)17-27-23-12-6-4-9-19(23)2/h3-6,8-10,12,21-22,25H,7,11,13-17H2,1-2H3/t21-,22-/m0/s1. The molecule has 146 valence electrons. The Bertz CT molecular complexity index is 712. The van der Waals surface area contributed by atoms with E-state index in [9.17, 15) is 5.11 Å². The second-order valence-electron chi connectivity index (χ2n) is 7.49. The van der Waals surface area contributed by atoms with Gasteiger partial charge in [-0.25, -0.2) is 0 Å². The first kappa shape index (κ1) is 19.9. The fourth-order valence-electron chi connectivity index (χ4n) is 3.56. The van der Waals surface area contributed by atoms with Crippen molar-refractivity contribution in [2.24, 2.45) is 0 Å². The fourth-order valence-corrected chi connectivity index (χ4v) is 3.56. The van der Waals surface area contributed by atoms with E-state index in [1.807, 2.05) is 31.2 Å². The Morgan fingerprint density at radius 1 is 1.11 bits per heavy atom. The molecule has 0 unspecified atom stereocenters. The Hall–Kier alpha value is -1.88. The molecule has 0 saturated carbocycles. The lowest BCUT2D eigenvalue weighted by atomic mass is 10.1. The van der Waals surface area contributed by atoms with Gasteiger partial charge in [-0.15, -0.1) is 0 Å². The average molecular weight is 370 g/mol. The van der Waals surface area contributed by atoms with E-state index in [0.717, 1.165) is 43.9 Å². The molecule has 1 heterocycles. The van der Waals surface area contributed by atoms with Crippen molar-refractivity contribution in [1.29, 1.82) is 0 Å². The molecule has 1 fully saturated rings. The summed E-state index contributed by atoms with van der Waals surface area (Å²) in [7, 11) is 0. The van der Waals surface area contributed by atoms with Crippen LogP contribution in [0.25, 0.3) is 0 Å². The van der Waals surface area contributed by atoms with E-state index >= 15 is 0 Å². The first-order chi connectivity index (χ1) is 13.1. The van der Waals surface area contributed by atoms with E-state index in [4.69, 9.17) is 9.47 Å². The van der Waals surface area contributed by atoms with Gasteiger partial charge in [0.05, 0.1) is 6.10 Å². The highest BCUT2D eigenvalue weighted by molar-refractivity contribution is 5.31. The van der Waals surface area contributed by atoms with Crippen LogP contribution < -0.4 is 4.74 Å². The second kappa shape index (κ2) is 9.88. The first-order valence-electron chi connectivity index (χ1n) is 9.87. The molecule has 0 bridgehead atoms. The monoisotopic (exact) mass is 369 g/mol. The lowest BCUT2D eigenvalue weighted by Crippen LogP contribution is -2.39. The number of rotatable bonds is 9. The van der Waals surface area contributed by atoms with Crippen LogP contribution in [0.4, 0.5) is 0 Å². The molecule has 0 aliphatic carbocycles. The molecule has 1 aliphatic rings. The molecule has 2 atom stereocenters. The van der Waals surface area contributed by atoms with Crippen LogP contribution in [0.3, 0.4) is 0 Å². The summed E-state index contributed by atoms with van der Waals surface area (Å²) in [6.07, 6.45) is 1.94. The third kappa shape index (κ3) is 6.06. The maximum atomic E-state index is 10.6. The summed E-state index contributed by atoms with van der Waals surface area (Å²) in [5, 5.41) is 10.6. The number of aryl methyl sites for hydroxylation is 2. The lowest BCUT2D eigenvalue weighted by Gasteiger charge is -2.28. The van der Waals surface area contributed by atoms with Crippen LogP contribution in [-0.4, -0.2) is 48.5 Å². The van der Waals surface area contributed by atoms with E-state index in [1.165, 1.54) is 11.1 Å². The van der Waals surface area contributed by atoms with Crippen LogP contribution in [0, 0.1) is 13.8 Å². The number of nitrogens with zero attached hydrogens (tertiary/aromatic N) is 1. The molecule has 4 heteroatoms. The zero-order chi connectivity index (χ0) is 19.1. The zero-order valence-electron chi connectivity index (χ0n) is 16.4. The van der Waals surface area contributed by atoms with Crippen molar-refractivity contribution in [3.63, 3.8) is 0 Å². The molecule has 2 aromatic carbocycles. The van der Waals surface area contributed by atoms with E-state index in [1.54, 1.807) is 0 Å². The summed E-state index contributed by atoms with van der Waals surface area (Å²) in [4.78, 5) is 2.30. The minimum Gasteiger partial charge on any atom is -0.491 e. The highest BCUT2D eigenvalue weighted by Crippen LogP contribution is 2.18. The molecule has 0 amide bonds. The van der Waals surface area contributed by atoms with Crippen molar-refractivity contribution < 1.29 is 14.6 Å². The van der Waals surface area contributed by atoms with Crippen molar-refractivity contribution in [2.45, 2.75) is 45.4 Å². The molecule has 3 rings (SSSR count). The van der Waals surface area contributed by atoms with Crippen LogP contribution in [-0.2, 0) is 11.3 Å². The third-order valence-electron chi connectivity index (χ3n) is 5.13. The Labute approximate surface area is 162 Å². The molecule has 4 nitrogen and oxygen atoms in total. The molecule has 27 heavy (non-hydrogen) atoms. The van der Waals surface area contributed by atoms with Gasteiger partial charge in [-0.2, -0.15) is 0 Å². The van der Waals surface area contributed by atoms with E-state index < -0.39 is 6.10 Å². The van der Waals surface area contributed by atoms with Gasteiger partial charge >= 0.3 is 0 Å². The van der Waals surface area contributed by atoms with Gasteiger partial charge in [0.1, 0.15) is 18.5 Å². The molecule has 0 aromatic heterocycles. The summed E-state index contributed by atoms with van der Waals surface area (Å²) >= 11 is 0. The minimum absolute atomic E-state index is 0.263. The minimum atomic E-state index is -0.546. The Kier molecular flexibility index (Phi) is 7.27. The first-order valence-corrected chi connectivity index (χ1v) is 9.87. The van der Waals surface area contributed by atoms with Crippen molar-refractivity contribution in [3.05, 3.63) is 65.2 Å². The number of hydrogen-bond acceptors (Lipinski definition) is 4. The summed E-state index contributed by atoms with van der Waals surface area (Å²) in [6, 6.07) is 16.3. The molecular formula is C23H31NO3. The van der Waals surface area contributed by atoms with Crippen LogP contribution >= 0.6 is 0 Å². The van der Waals surface area contributed by atoms with Gasteiger partial charge < -0.3 is 14.6 Å². The van der Waals surface area contributed by atoms with Crippen LogP contribution in [0.1, 0.15) is 29.5 Å². The van der Waals surface area contributed by atoms with E-state index in [0.29, 0.717) is 13.2 Å². The number of aliphatic hydroxyl groups excluding tert-OH is 1. The maximum Gasteiger partial charge on any atom is 0.122 e. The summed E-state index contributed by atoms with van der Waals surface area (Å²) in [6.45, 7) is 7.52. The number of ether oxygens (including phenoxy) is 2. The van der Waals surface area contributed by atoms with Crippen molar-refractivity contribution in [1.82, 2.24) is 4.90 Å². The van der Waals surface area contributed by atoms with Crippen molar-refractivity contribution in [3.8, 4) is 5.75 Å². The van der Waals surface area contributed by atoms with Crippen LogP contribution in [0.15, 0.2) is 48.5 Å². The number of para-hydroxylation sites is 1. The van der Waals surface area contributed by atoms with Crippen LogP contribution in [0.5, 0.6) is 5.75 Å². The highest BCUT2D eigenvalue weighted by Gasteiger charge is 2.22. The molecule has 0 spiro atoms. The van der Waals surface area contributed by atoms with Crippen LogP contribution in [0.2, 0.25) is 0 Å². The highest BCUT2D eigenvalue weighted by atomic mass is 16.5. The van der Waals surface area contributed by atoms with Gasteiger partial charge in [-0.05, 0) is 49.4 Å². The van der Waals surface area contributed by atoms with Crippen molar-refractivity contribution in [2.75, 3.05) is 26.3 Å². The number of benzene rings is 2. The summed E-state index contributed by atoms with van der Waals surface area (Å²) in [5.41, 5.74) is 3.66. The fraction of sp³-hybridized carbons (Fsp3) is 0.478. The Morgan fingerprint density at radius 2 is 1.85 bits per heavy atom. The third-order valence-corrected chi connectivity index (χ3v) is 5.13. The Morgan fingerprint density at radius 3 is 2.56 bits per heavy atom. The Balaban J connectivity index is 1.59. The molecule has 1 saturated heterocycles. The molecule has 2 aromatic rings. The van der Waals surface area contributed by atoms with Gasteiger partial charge in [0.2, 0.25) is 0 Å². The van der Waals surface area contributed by atoms with Gasteiger partial charge in [0.25, 0.3) is 0 Å². The summed E-state index contributed by atoms with van der Waals surface area (Å²) < 4.78 is 11.7. The number of hydrogen-bond donors (Lipinski definition) is 1. The van der Waals surface area contributed by atoms with E-state index in [2.05, 4.69) is 36.1 Å². The lowest BCUT2D eigenvalue weighted by molar-refractivity contribution is 0.0312. The molecule has 0 radical (unpaired) electrons. The normalized spacial score (nSPS) is 18.0. The number of aliphatic hydroxyl groups is 1. The predicted molar refractivity (Wildman–Crippen MR) is 108 cm³/mol. The maximum absolute atomic E-state index is 10.6. The molecular weight excluding hydrogens is 338 g/mol. The van der Waals surface area contributed by atoms with Crippen molar-refractivity contribution >= 4 is 0 Å². The molecule has 1 aliphatic heterocycles. The second-order valence-corrected chi connectivity index (χ2v) is 7.49. The van der Waals surface area contributed by atoms with Gasteiger partial charge in [-0.3, -0.25) is 4.90 Å². The smallest absolute Gasteiger partial charge is 0.122 e. The topological polar surface area (TPSA) is 41.9 Å². The summed E-state index contributed by atoms with van der Waals surface area (Å²) in [5.74, 6) is 0.834. The zero-order valence-corrected chi connectivity index (χ0v) is 16.4. The largest absolute Gasteiger partial charge is 0.491 e.